The topological polar surface area (TPSA) is 118 Å². The predicted octanol–water partition coefficient (Wildman–Crippen LogP) is 1.88. The van der Waals surface area contributed by atoms with E-state index in [0.717, 1.165) is 0 Å². The van der Waals surface area contributed by atoms with Gasteiger partial charge in [-0.2, -0.15) is 0 Å². The summed E-state index contributed by atoms with van der Waals surface area (Å²) in [6, 6.07) is 9.51. The number of furan rings is 1. The van der Waals surface area contributed by atoms with E-state index in [4.69, 9.17) is 9.15 Å². The van der Waals surface area contributed by atoms with Gasteiger partial charge in [-0.3, -0.25) is 14.4 Å². The number of esters is 1. The first-order valence-corrected chi connectivity index (χ1v) is 8.55. The molecule has 0 aliphatic heterocycles. The fraction of sp³-hybridized carbons (Fsp3) is 0.263. The monoisotopic (exact) mass is 387 g/mol. The molecule has 9 nitrogen and oxygen atoms in total. The van der Waals surface area contributed by atoms with E-state index in [1.54, 1.807) is 31.2 Å². The summed E-state index contributed by atoms with van der Waals surface area (Å²) in [5.41, 5.74) is 1.13. The van der Waals surface area contributed by atoms with Crippen molar-refractivity contribution in [2.75, 3.05) is 30.3 Å². The number of ether oxygens (including phenoxy) is 1. The van der Waals surface area contributed by atoms with E-state index in [2.05, 4.69) is 10.6 Å². The van der Waals surface area contributed by atoms with Gasteiger partial charge in [-0.1, -0.05) is 0 Å². The van der Waals surface area contributed by atoms with Crippen molar-refractivity contribution in [2.45, 2.75) is 13.8 Å². The summed E-state index contributed by atoms with van der Waals surface area (Å²) in [5.74, 6) is -1.85. The molecule has 148 valence electrons. The highest BCUT2D eigenvalue weighted by Crippen LogP contribution is 2.13. The average molecular weight is 387 g/mol. The van der Waals surface area contributed by atoms with Gasteiger partial charge in [0.2, 0.25) is 17.6 Å². The van der Waals surface area contributed by atoms with E-state index in [-0.39, 0.29) is 24.8 Å². The summed E-state index contributed by atoms with van der Waals surface area (Å²) >= 11 is 0. The van der Waals surface area contributed by atoms with Crippen molar-refractivity contribution >= 4 is 35.1 Å². The number of amides is 3. The van der Waals surface area contributed by atoms with Crippen molar-refractivity contribution in [3.8, 4) is 0 Å². The Bertz CT molecular complexity index is 830. The van der Waals surface area contributed by atoms with Crippen LogP contribution in [0.25, 0.3) is 0 Å². The highest BCUT2D eigenvalue weighted by atomic mass is 16.5. The Kier molecular flexibility index (Phi) is 7.32. The molecule has 0 saturated heterocycles. The van der Waals surface area contributed by atoms with Gasteiger partial charge >= 0.3 is 5.97 Å². The number of carbonyl (C=O) groups is 4. The van der Waals surface area contributed by atoms with Crippen molar-refractivity contribution in [3.63, 3.8) is 0 Å². The van der Waals surface area contributed by atoms with Crippen molar-refractivity contribution in [1.29, 1.82) is 0 Å². The van der Waals surface area contributed by atoms with Gasteiger partial charge in [-0.25, -0.2) is 4.79 Å². The molecule has 0 radical (unpaired) electrons. The van der Waals surface area contributed by atoms with Gasteiger partial charge in [-0.15, -0.1) is 0 Å². The third-order valence-electron chi connectivity index (χ3n) is 3.61. The highest BCUT2D eigenvalue weighted by molar-refractivity contribution is 5.95. The Hall–Kier alpha value is -3.62. The average Bonchev–Trinajstić information content (AvgIpc) is 3.20. The number of hydrogen-bond acceptors (Lipinski definition) is 6. The number of anilines is 2. The Morgan fingerprint density at radius 2 is 1.68 bits per heavy atom. The SMILES string of the molecule is CCN(CC(=O)Nc1ccc(NC(C)=O)cc1)C(=O)COC(=O)c1ccco1. The summed E-state index contributed by atoms with van der Waals surface area (Å²) in [4.78, 5) is 48.3. The maximum Gasteiger partial charge on any atom is 0.374 e. The molecular weight excluding hydrogens is 366 g/mol. The summed E-state index contributed by atoms with van der Waals surface area (Å²) in [6.45, 7) is 2.69. The molecule has 0 bridgehead atoms. The van der Waals surface area contributed by atoms with Crippen molar-refractivity contribution < 1.29 is 28.3 Å². The molecule has 2 N–H and O–H groups in total. The summed E-state index contributed by atoms with van der Waals surface area (Å²) in [6.07, 6.45) is 1.32. The van der Waals surface area contributed by atoms with Crippen molar-refractivity contribution in [1.82, 2.24) is 4.90 Å². The van der Waals surface area contributed by atoms with Gasteiger partial charge in [-0.05, 0) is 43.3 Å². The normalized spacial score (nSPS) is 10.1. The fourth-order valence-corrected chi connectivity index (χ4v) is 2.27. The van der Waals surface area contributed by atoms with E-state index in [1.807, 2.05) is 0 Å². The summed E-state index contributed by atoms with van der Waals surface area (Å²) < 4.78 is 9.77. The first-order chi connectivity index (χ1) is 13.4. The summed E-state index contributed by atoms with van der Waals surface area (Å²) in [7, 11) is 0. The molecular formula is C19H21N3O6. The second-order valence-electron chi connectivity index (χ2n) is 5.77. The molecule has 28 heavy (non-hydrogen) atoms. The standard InChI is InChI=1S/C19H21N3O6/c1-3-22(18(25)12-28-19(26)16-5-4-10-27-16)11-17(24)21-15-8-6-14(7-9-15)20-13(2)23/h4-10H,3,11-12H2,1-2H3,(H,20,23)(H,21,24). The number of hydrogen-bond donors (Lipinski definition) is 2. The van der Waals surface area contributed by atoms with Gasteiger partial charge in [0.1, 0.15) is 0 Å². The maximum atomic E-state index is 12.2. The molecule has 1 aromatic heterocycles. The van der Waals surface area contributed by atoms with Crippen LogP contribution in [0.5, 0.6) is 0 Å². The largest absolute Gasteiger partial charge is 0.457 e. The number of likely N-dealkylation sites (N-methyl/N-ethyl adjacent to an activating group) is 1. The second-order valence-corrected chi connectivity index (χ2v) is 5.77. The lowest BCUT2D eigenvalue weighted by molar-refractivity contribution is -0.137. The first kappa shape index (κ1) is 20.7. The Labute approximate surface area is 161 Å². The van der Waals surface area contributed by atoms with Crippen molar-refractivity contribution in [2.24, 2.45) is 0 Å². The lowest BCUT2D eigenvalue weighted by Gasteiger charge is -2.20. The smallest absolute Gasteiger partial charge is 0.374 e. The molecule has 0 saturated carbocycles. The number of benzene rings is 1. The van der Waals surface area contributed by atoms with Gasteiger partial charge in [0.15, 0.2) is 6.61 Å². The molecule has 3 amide bonds. The minimum absolute atomic E-state index is 0.00342. The number of rotatable bonds is 8. The lowest BCUT2D eigenvalue weighted by atomic mass is 10.2. The molecule has 9 heteroatoms. The van der Waals surface area contributed by atoms with Crippen LogP contribution in [0.4, 0.5) is 11.4 Å². The second kappa shape index (κ2) is 9.91. The molecule has 0 aliphatic carbocycles. The molecule has 0 atom stereocenters. The minimum atomic E-state index is -0.752. The van der Waals surface area contributed by atoms with Crippen molar-refractivity contribution in [3.05, 3.63) is 48.4 Å². The van der Waals surface area contributed by atoms with Crippen LogP contribution >= 0.6 is 0 Å². The van der Waals surface area contributed by atoms with Gasteiger partial charge in [0.05, 0.1) is 12.8 Å². The third kappa shape index (κ3) is 6.27. The Morgan fingerprint density at radius 3 is 2.21 bits per heavy atom. The van der Waals surface area contributed by atoms with Crippen LogP contribution in [-0.2, 0) is 19.1 Å². The van der Waals surface area contributed by atoms with Gasteiger partial charge < -0.3 is 24.7 Å². The van der Waals surface area contributed by atoms with Crippen LogP contribution in [0.15, 0.2) is 47.1 Å². The minimum Gasteiger partial charge on any atom is -0.457 e. The van der Waals surface area contributed by atoms with Crippen LogP contribution < -0.4 is 10.6 Å². The molecule has 0 fully saturated rings. The van der Waals surface area contributed by atoms with Crippen LogP contribution in [0.1, 0.15) is 24.4 Å². The number of carbonyl (C=O) groups excluding carboxylic acids is 4. The molecule has 1 heterocycles. The van der Waals surface area contributed by atoms with Crippen LogP contribution in [-0.4, -0.2) is 48.3 Å². The molecule has 2 aromatic rings. The van der Waals surface area contributed by atoms with E-state index in [9.17, 15) is 19.2 Å². The molecule has 1 aromatic carbocycles. The predicted molar refractivity (Wildman–Crippen MR) is 101 cm³/mol. The zero-order valence-electron chi connectivity index (χ0n) is 15.6. The van der Waals surface area contributed by atoms with Crippen LogP contribution in [0, 0.1) is 0 Å². The molecule has 0 unspecified atom stereocenters. The lowest BCUT2D eigenvalue weighted by Crippen LogP contribution is -2.40. The molecule has 0 spiro atoms. The highest BCUT2D eigenvalue weighted by Gasteiger charge is 2.19. The van der Waals surface area contributed by atoms with Gasteiger partial charge in [0, 0.05) is 24.8 Å². The Balaban J connectivity index is 1.83. The Morgan fingerprint density at radius 1 is 1.04 bits per heavy atom. The van der Waals surface area contributed by atoms with E-state index in [0.29, 0.717) is 11.4 Å². The maximum absolute atomic E-state index is 12.2. The first-order valence-electron chi connectivity index (χ1n) is 8.55. The van der Waals surface area contributed by atoms with Crippen LogP contribution in [0.3, 0.4) is 0 Å². The zero-order chi connectivity index (χ0) is 20.5. The zero-order valence-corrected chi connectivity index (χ0v) is 15.6. The quantitative estimate of drug-likeness (QED) is 0.668. The van der Waals surface area contributed by atoms with E-state index < -0.39 is 24.4 Å². The summed E-state index contributed by atoms with van der Waals surface area (Å²) in [5, 5.41) is 5.28. The van der Waals surface area contributed by atoms with E-state index in [1.165, 1.54) is 30.2 Å². The number of nitrogens with zero attached hydrogens (tertiary/aromatic N) is 1. The fourth-order valence-electron chi connectivity index (χ4n) is 2.27. The number of nitrogens with one attached hydrogen (secondary N) is 2. The molecule has 0 aliphatic rings. The van der Waals surface area contributed by atoms with E-state index >= 15 is 0 Å². The third-order valence-corrected chi connectivity index (χ3v) is 3.61. The molecule has 2 rings (SSSR count). The van der Waals surface area contributed by atoms with Crippen LogP contribution in [0.2, 0.25) is 0 Å². The van der Waals surface area contributed by atoms with Gasteiger partial charge in [0.25, 0.3) is 5.91 Å².